The van der Waals surface area contributed by atoms with Gasteiger partial charge in [-0.15, -0.1) is 0 Å². The Morgan fingerprint density at radius 1 is 1.20 bits per heavy atom. The molecule has 0 atom stereocenters. The Morgan fingerprint density at radius 2 is 1.73 bits per heavy atom. The molecule has 0 aliphatic carbocycles. The molecule has 0 saturated heterocycles. The van der Waals surface area contributed by atoms with Gasteiger partial charge in [0.25, 0.3) is 0 Å². The van der Waals surface area contributed by atoms with Crippen LogP contribution in [0.4, 0.5) is 13.2 Å². The summed E-state index contributed by atoms with van der Waals surface area (Å²) in [7, 11) is 0. The first-order valence-corrected chi connectivity index (χ1v) is 4.28. The topological polar surface area (TPSA) is 37.3 Å². The van der Waals surface area contributed by atoms with Crippen LogP contribution in [0.25, 0.3) is 0 Å². The maximum Gasteiger partial charge on any atom is 0.417 e. The summed E-state index contributed by atoms with van der Waals surface area (Å²) >= 11 is 10.7. The highest BCUT2D eigenvalue weighted by molar-refractivity contribution is 6.36. The van der Waals surface area contributed by atoms with Crippen LogP contribution in [0.2, 0.25) is 10.0 Å². The summed E-state index contributed by atoms with van der Waals surface area (Å²) in [6.07, 6.45) is -4.66. The Hall–Kier alpha value is -0.940. The lowest BCUT2D eigenvalue weighted by atomic mass is 10.1. The van der Waals surface area contributed by atoms with Crippen molar-refractivity contribution >= 4 is 29.2 Å². The molecule has 0 spiro atoms. The van der Waals surface area contributed by atoms with Crippen molar-refractivity contribution in [3.05, 3.63) is 33.3 Å². The molecule has 0 aliphatic rings. The first-order chi connectivity index (χ1) is 6.73. The zero-order valence-electron chi connectivity index (χ0n) is 6.90. The Labute approximate surface area is 92.2 Å². The second-order valence-corrected chi connectivity index (χ2v) is 3.43. The summed E-state index contributed by atoms with van der Waals surface area (Å²) in [5, 5.41) is 7.37. The largest absolute Gasteiger partial charge is 0.478 e. The van der Waals surface area contributed by atoms with Gasteiger partial charge in [0.05, 0.1) is 21.2 Å². The molecule has 0 saturated carbocycles. The molecule has 0 amide bonds. The van der Waals surface area contributed by atoms with E-state index in [0.29, 0.717) is 12.1 Å². The van der Waals surface area contributed by atoms with Crippen LogP contribution in [0.3, 0.4) is 0 Å². The number of halogens is 5. The SMILES string of the molecule is O=C(O)c1cc(Cl)c(C(F)(F)F)cc1Cl. The van der Waals surface area contributed by atoms with Crippen molar-refractivity contribution in [3.8, 4) is 0 Å². The van der Waals surface area contributed by atoms with Crippen LogP contribution in [0.5, 0.6) is 0 Å². The molecule has 82 valence electrons. The van der Waals surface area contributed by atoms with Crippen molar-refractivity contribution in [1.29, 1.82) is 0 Å². The molecule has 15 heavy (non-hydrogen) atoms. The molecular formula is C8H3Cl2F3O2. The van der Waals surface area contributed by atoms with Gasteiger partial charge in [0.2, 0.25) is 0 Å². The van der Waals surface area contributed by atoms with Crippen molar-refractivity contribution in [2.24, 2.45) is 0 Å². The fourth-order valence-electron chi connectivity index (χ4n) is 0.928. The fourth-order valence-corrected chi connectivity index (χ4v) is 1.44. The predicted octanol–water partition coefficient (Wildman–Crippen LogP) is 3.71. The van der Waals surface area contributed by atoms with E-state index in [1.165, 1.54) is 0 Å². The van der Waals surface area contributed by atoms with Gasteiger partial charge in [-0.2, -0.15) is 13.2 Å². The molecule has 1 aromatic carbocycles. The summed E-state index contributed by atoms with van der Waals surface area (Å²) in [4.78, 5) is 10.5. The van der Waals surface area contributed by atoms with E-state index in [4.69, 9.17) is 28.3 Å². The molecule has 0 heterocycles. The van der Waals surface area contributed by atoms with Crippen LogP contribution in [-0.2, 0) is 6.18 Å². The maximum atomic E-state index is 12.3. The van der Waals surface area contributed by atoms with E-state index < -0.39 is 33.3 Å². The number of benzene rings is 1. The Kier molecular flexibility index (Phi) is 3.16. The third kappa shape index (κ3) is 2.54. The number of hydrogen-bond donors (Lipinski definition) is 1. The summed E-state index contributed by atoms with van der Waals surface area (Å²) in [6.45, 7) is 0. The molecule has 7 heteroatoms. The van der Waals surface area contributed by atoms with E-state index in [0.717, 1.165) is 0 Å². The number of alkyl halides is 3. The fraction of sp³-hybridized carbons (Fsp3) is 0.125. The van der Waals surface area contributed by atoms with Crippen molar-refractivity contribution in [2.75, 3.05) is 0 Å². The summed E-state index contributed by atoms with van der Waals surface area (Å²) in [5.74, 6) is -1.43. The number of rotatable bonds is 1. The highest BCUT2D eigenvalue weighted by Gasteiger charge is 2.34. The minimum atomic E-state index is -4.66. The van der Waals surface area contributed by atoms with Gasteiger partial charge >= 0.3 is 12.1 Å². The zero-order chi connectivity index (χ0) is 11.8. The average molecular weight is 259 g/mol. The van der Waals surface area contributed by atoms with Crippen LogP contribution in [0.15, 0.2) is 12.1 Å². The molecule has 2 nitrogen and oxygen atoms in total. The second-order valence-electron chi connectivity index (χ2n) is 2.61. The molecule has 0 aliphatic heterocycles. The lowest BCUT2D eigenvalue weighted by Gasteiger charge is -2.10. The molecule has 0 radical (unpaired) electrons. The van der Waals surface area contributed by atoms with Crippen LogP contribution < -0.4 is 0 Å². The third-order valence-electron chi connectivity index (χ3n) is 1.59. The highest BCUT2D eigenvalue weighted by atomic mass is 35.5. The highest BCUT2D eigenvalue weighted by Crippen LogP contribution is 2.37. The van der Waals surface area contributed by atoms with Crippen LogP contribution in [0.1, 0.15) is 15.9 Å². The van der Waals surface area contributed by atoms with Crippen molar-refractivity contribution < 1.29 is 23.1 Å². The molecule has 1 aromatic rings. The third-order valence-corrected chi connectivity index (χ3v) is 2.22. The van der Waals surface area contributed by atoms with Gasteiger partial charge in [-0.3, -0.25) is 0 Å². The van der Waals surface area contributed by atoms with Crippen molar-refractivity contribution in [3.63, 3.8) is 0 Å². The van der Waals surface area contributed by atoms with Gasteiger partial charge in [0.1, 0.15) is 0 Å². The predicted molar refractivity (Wildman–Crippen MR) is 48.4 cm³/mol. The van der Waals surface area contributed by atoms with Crippen molar-refractivity contribution in [2.45, 2.75) is 6.18 Å². The maximum absolute atomic E-state index is 12.3. The summed E-state index contributed by atoms with van der Waals surface area (Å²) in [5.41, 5.74) is -1.62. The Morgan fingerprint density at radius 3 is 2.13 bits per heavy atom. The molecule has 0 fully saturated rings. The van der Waals surface area contributed by atoms with Gasteiger partial charge in [0, 0.05) is 0 Å². The molecule has 0 unspecified atom stereocenters. The van der Waals surface area contributed by atoms with Crippen molar-refractivity contribution in [1.82, 2.24) is 0 Å². The second kappa shape index (κ2) is 3.90. The Balaban J connectivity index is 3.39. The first kappa shape index (κ1) is 12.1. The average Bonchev–Trinajstić information content (AvgIpc) is 2.06. The van der Waals surface area contributed by atoms with E-state index in [-0.39, 0.29) is 0 Å². The summed E-state index contributed by atoms with van der Waals surface area (Å²) < 4.78 is 36.8. The van der Waals surface area contributed by atoms with E-state index >= 15 is 0 Å². The standard InChI is InChI=1S/C8H3Cl2F3O2/c9-5-2-4(8(11,12)13)6(10)1-3(5)7(14)15/h1-2H,(H,14,15). The lowest BCUT2D eigenvalue weighted by molar-refractivity contribution is -0.137. The molecular weight excluding hydrogens is 256 g/mol. The smallest absolute Gasteiger partial charge is 0.417 e. The van der Waals surface area contributed by atoms with Gasteiger partial charge in [-0.25, -0.2) is 4.79 Å². The van der Waals surface area contributed by atoms with Gasteiger partial charge < -0.3 is 5.11 Å². The molecule has 0 aromatic heterocycles. The number of aromatic carboxylic acids is 1. The quantitative estimate of drug-likeness (QED) is 0.834. The molecule has 1 N–H and O–H groups in total. The lowest BCUT2D eigenvalue weighted by Crippen LogP contribution is -2.08. The minimum absolute atomic E-state index is 0.463. The molecule has 0 bridgehead atoms. The molecule has 1 rings (SSSR count). The monoisotopic (exact) mass is 258 g/mol. The van der Waals surface area contributed by atoms with Gasteiger partial charge in [-0.05, 0) is 12.1 Å². The zero-order valence-corrected chi connectivity index (χ0v) is 8.41. The van der Waals surface area contributed by atoms with E-state index in [1.807, 2.05) is 0 Å². The number of carboxylic acids is 1. The van der Waals surface area contributed by atoms with Gasteiger partial charge in [-0.1, -0.05) is 23.2 Å². The minimum Gasteiger partial charge on any atom is -0.478 e. The van der Waals surface area contributed by atoms with E-state index in [2.05, 4.69) is 0 Å². The number of carboxylic acid groups (broad SMARTS) is 1. The summed E-state index contributed by atoms with van der Waals surface area (Å²) in [6, 6.07) is 1.17. The number of carbonyl (C=O) groups is 1. The first-order valence-electron chi connectivity index (χ1n) is 3.53. The normalized spacial score (nSPS) is 11.5. The van der Waals surface area contributed by atoms with E-state index in [1.54, 1.807) is 0 Å². The van der Waals surface area contributed by atoms with Crippen LogP contribution in [-0.4, -0.2) is 11.1 Å². The van der Waals surface area contributed by atoms with Crippen LogP contribution >= 0.6 is 23.2 Å². The number of hydrogen-bond acceptors (Lipinski definition) is 1. The van der Waals surface area contributed by atoms with Crippen LogP contribution in [0, 0.1) is 0 Å². The van der Waals surface area contributed by atoms with Gasteiger partial charge in [0.15, 0.2) is 0 Å². The Bertz CT molecular complexity index is 415. The van der Waals surface area contributed by atoms with E-state index in [9.17, 15) is 18.0 Å².